The van der Waals surface area contributed by atoms with Crippen molar-refractivity contribution in [2.75, 3.05) is 25.6 Å². The molecule has 1 N–H and O–H groups in total. The molecule has 1 aromatic rings. The van der Waals surface area contributed by atoms with E-state index in [0.717, 1.165) is 0 Å². The Kier molecular flexibility index (Phi) is 5.79. The lowest BCUT2D eigenvalue weighted by Gasteiger charge is -2.14. The summed E-state index contributed by atoms with van der Waals surface area (Å²) in [4.78, 5) is 19.3. The van der Waals surface area contributed by atoms with Gasteiger partial charge in [-0.3, -0.25) is 0 Å². The average Bonchev–Trinajstić information content (AvgIpc) is 2.42. The van der Waals surface area contributed by atoms with Crippen LogP contribution in [-0.2, 0) is 9.47 Å². The van der Waals surface area contributed by atoms with Crippen LogP contribution in [0.25, 0.3) is 0 Å². The third-order valence-corrected chi connectivity index (χ3v) is 2.17. The Bertz CT molecular complexity index is 409. The van der Waals surface area contributed by atoms with Gasteiger partial charge in [-0.2, -0.15) is 0 Å². The number of carbonyl (C=O) groups is 1. The van der Waals surface area contributed by atoms with Crippen molar-refractivity contribution < 1.29 is 14.3 Å². The molecule has 0 aromatic carbocycles. The van der Waals surface area contributed by atoms with Crippen molar-refractivity contribution in [2.24, 2.45) is 0 Å². The summed E-state index contributed by atoms with van der Waals surface area (Å²) >= 11 is 0. The lowest BCUT2D eigenvalue weighted by molar-refractivity contribution is 0.0600. The van der Waals surface area contributed by atoms with E-state index in [4.69, 9.17) is 4.74 Å². The van der Waals surface area contributed by atoms with Crippen molar-refractivity contribution in [1.82, 2.24) is 9.97 Å². The molecule has 1 rings (SSSR count). The number of hydrogen-bond acceptors (Lipinski definition) is 6. The van der Waals surface area contributed by atoms with Crippen LogP contribution in [0.4, 0.5) is 5.82 Å². The average molecular weight is 251 g/mol. The van der Waals surface area contributed by atoms with Crippen LogP contribution in [0.3, 0.4) is 0 Å². The molecule has 0 amide bonds. The molecule has 6 nitrogen and oxygen atoms in total. The molecule has 1 unspecified atom stereocenters. The van der Waals surface area contributed by atoms with Gasteiger partial charge in [-0.1, -0.05) is 6.08 Å². The Labute approximate surface area is 106 Å². The van der Waals surface area contributed by atoms with Crippen molar-refractivity contribution in [3.05, 3.63) is 30.7 Å². The molecular weight excluding hydrogens is 234 g/mol. The maximum Gasteiger partial charge on any atom is 0.343 e. The summed E-state index contributed by atoms with van der Waals surface area (Å²) in [5, 5.41) is 3.03. The van der Waals surface area contributed by atoms with Crippen LogP contribution in [0.1, 0.15) is 17.3 Å². The van der Waals surface area contributed by atoms with Gasteiger partial charge in [0.25, 0.3) is 0 Å². The van der Waals surface area contributed by atoms with E-state index in [9.17, 15) is 4.79 Å². The van der Waals surface area contributed by atoms with Gasteiger partial charge in [-0.25, -0.2) is 14.8 Å². The van der Waals surface area contributed by atoms with Crippen LogP contribution in [0.15, 0.2) is 25.2 Å². The summed E-state index contributed by atoms with van der Waals surface area (Å²) in [7, 11) is 1.31. The zero-order valence-corrected chi connectivity index (χ0v) is 10.5. The van der Waals surface area contributed by atoms with E-state index in [-0.39, 0.29) is 6.10 Å². The minimum atomic E-state index is -0.474. The number of anilines is 1. The summed E-state index contributed by atoms with van der Waals surface area (Å²) in [6, 6.07) is 0. The van der Waals surface area contributed by atoms with Crippen molar-refractivity contribution in [3.63, 3.8) is 0 Å². The number of carbonyl (C=O) groups excluding carboxylic acids is 1. The molecule has 0 saturated carbocycles. The topological polar surface area (TPSA) is 73.3 Å². The van der Waals surface area contributed by atoms with Gasteiger partial charge in [0.05, 0.1) is 19.8 Å². The molecule has 0 aliphatic heterocycles. The fourth-order valence-electron chi connectivity index (χ4n) is 1.26. The summed E-state index contributed by atoms with van der Waals surface area (Å²) in [6.07, 6.45) is 4.44. The van der Waals surface area contributed by atoms with Crippen LogP contribution in [0, 0.1) is 0 Å². The first-order valence-corrected chi connectivity index (χ1v) is 5.53. The SMILES string of the molecule is C=CCOC(C)CNc1ncncc1C(=O)OC. The predicted octanol–water partition coefficient (Wildman–Crippen LogP) is 1.27. The van der Waals surface area contributed by atoms with E-state index in [1.807, 2.05) is 6.92 Å². The van der Waals surface area contributed by atoms with Crippen LogP contribution in [-0.4, -0.2) is 42.3 Å². The Balaban J connectivity index is 2.61. The lowest BCUT2D eigenvalue weighted by Crippen LogP contribution is -2.22. The fourth-order valence-corrected chi connectivity index (χ4v) is 1.26. The third-order valence-electron chi connectivity index (χ3n) is 2.17. The molecular formula is C12H17N3O3. The van der Waals surface area contributed by atoms with Crippen molar-refractivity contribution >= 4 is 11.8 Å². The maximum atomic E-state index is 11.5. The Hall–Kier alpha value is -1.95. The number of ether oxygens (including phenoxy) is 2. The van der Waals surface area contributed by atoms with Gasteiger partial charge < -0.3 is 14.8 Å². The molecule has 1 heterocycles. The third kappa shape index (κ3) is 4.14. The molecule has 0 saturated heterocycles. The Morgan fingerprint density at radius 3 is 3.11 bits per heavy atom. The van der Waals surface area contributed by atoms with Crippen LogP contribution >= 0.6 is 0 Å². The molecule has 1 atom stereocenters. The second-order valence-corrected chi connectivity index (χ2v) is 3.59. The quantitative estimate of drug-likeness (QED) is 0.581. The Morgan fingerprint density at radius 2 is 2.44 bits per heavy atom. The number of rotatable bonds is 7. The predicted molar refractivity (Wildman–Crippen MR) is 67.5 cm³/mol. The number of aromatic nitrogens is 2. The number of nitrogens with zero attached hydrogens (tertiary/aromatic N) is 2. The summed E-state index contributed by atoms with van der Waals surface area (Å²) < 4.78 is 10.0. The fraction of sp³-hybridized carbons (Fsp3) is 0.417. The van der Waals surface area contributed by atoms with E-state index in [1.54, 1.807) is 6.08 Å². The summed E-state index contributed by atoms with van der Waals surface area (Å²) in [5.41, 5.74) is 0.302. The highest BCUT2D eigenvalue weighted by Crippen LogP contribution is 2.11. The van der Waals surface area contributed by atoms with Gasteiger partial charge in [0, 0.05) is 12.7 Å². The van der Waals surface area contributed by atoms with Crippen LogP contribution < -0.4 is 5.32 Å². The molecule has 0 fully saturated rings. The monoisotopic (exact) mass is 251 g/mol. The number of methoxy groups -OCH3 is 1. The number of hydrogen-bond donors (Lipinski definition) is 1. The van der Waals surface area contributed by atoms with Crippen molar-refractivity contribution in [3.8, 4) is 0 Å². The molecule has 0 radical (unpaired) electrons. The van der Waals surface area contributed by atoms with E-state index in [2.05, 4.69) is 26.6 Å². The van der Waals surface area contributed by atoms with E-state index >= 15 is 0 Å². The van der Waals surface area contributed by atoms with Gasteiger partial charge in [-0.15, -0.1) is 6.58 Å². The molecule has 1 aromatic heterocycles. The first kappa shape index (κ1) is 14.1. The van der Waals surface area contributed by atoms with Crippen LogP contribution in [0.2, 0.25) is 0 Å². The second kappa shape index (κ2) is 7.39. The highest BCUT2D eigenvalue weighted by Gasteiger charge is 2.13. The summed E-state index contributed by atoms with van der Waals surface area (Å²) in [6.45, 7) is 6.49. The second-order valence-electron chi connectivity index (χ2n) is 3.59. The normalized spacial score (nSPS) is 11.7. The van der Waals surface area contributed by atoms with Gasteiger partial charge >= 0.3 is 5.97 Å². The first-order chi connectivity index (χ1) is 8.69. The smallest absolute Gasteiger partial charge is 0.343 e. The zero-order valence-electron chi connectivity index (χ0n) is 10.5. The molecule has 98 valence electrons. The van der Waals surface area contributed by atoms with Gasteiger partial charge in [0.2, 0.25) is 0 Å². The van der Waals surface area contributed by atoms with E-state index < -0.39 is 5.97 Å². The summed E-state index contributed by atoms with van der Waals surface area (Å²) in [5.74, 6) is -0.0383. The maximum absolute atomic E-state index is 11.5. The van der Waals surface area contributed by atoms with Gasteiger partial charge in [0.15, 0.2) is 0 Å². The van der Waals surface area contributed by atoms with Crippen LogP contribution in [0.5, 0.6) is 0 Å². The highest BCUT2D eigenvalue weighted by molar-refractivity contribution is 5.94. The molecule has 0 spiro atoms. The van der Waals surface area contributed by atoms with Crippen molar-refractivity contribution in [1.29, 1.82) is 0 Å². The number of nitrogens with one attached hydrogen (secondary N) is 1. The Morgan fingerprint density at radius 1 is 1.67 bits per heavy atom. The molecule has 0 bridgehead atoms. The molecule has 6 heteroatoms. The van der Waals surface area contributed by atoms with E-state index in [1.165, 1.54) is 19.6 Å². The first-order valence-electron chi connectivity index (χ1n) is 5.53. The van der Waals surface area contributed by atoms with Crippen molar-refractivity contribution in [2.45, 2.75) is 13.0 Å². The zero-order chi connectivity index (χ0) is 13.4. The largest absolute Gasteiger partial charge is 0.465 e. The molecule has 18 heavy (non-hydrogen) atoms. The molecule has 0 aliphatic rings. The standard InChI is InChI=1S/C12H17N3O3/c1-4-5-18-9(2)6-14-11-10(12(16)17-3)7-13-8-15-11/h4,7-9H,1,5-6H2,2-3H3,(H,13,14,15). The van der Waals surface area contributed by atoms with Gasteiger partial charge in [-0.05, 0) is 6.92 Å². The lowest BCUT2D eigenvalue weighted by atomic mass is 10.3. The molecule has 0 aliphatic carbocycles. The minimum Gasteiger partial charge on any atom is -0.465 e. The van der Waals surface area contributed by atoms with E-state index in [0.29, 0.717) is 24.5 Å². The van der Waals surface area contributed by atoms with Gasteiger partial charge in [0.1, 0.15) is 17.7 Å². The number of esters is 1. The highest BCUT2D eigenvalue weighted by atomic mass is 16.5. The minimum absolute atomic E-state index is 0.0246.